The van der Waals surface area contributed by atoms with Crippen molar-refractivity contribution in [1.29, 1.82) is 0 Å². The third-order valence-electron chi connectivity index (χ3n) is 12.9. The number of allylic oxidation sites excluding steroid dienone is 1. The van der Waals surface area contributed by atoms with Crippen molar-refractivity contribution in [1.82, 2.24) is 10.1 Å². The highest BCUT2D eigenvalue weighted by molar-refractivity contribution is 6.74. The van der Waals surface area contributed by atoms with Crippen molar-refractivity contribution in [3.05, 3.63) is 117 Å². The van der Waals surface area contributed by atoms with E-state index in [1.807, 2.05) is 99.4 Å². The minimum atomic E-state index is -5.08. The number of fused-ring (bicyclic) bond motifs is 4. The van der Waals surface area contributed by atoms with Gasteiger partial charge in [0.2, 0.25) is 5.78 Å². The first kappa shape index (κ1) is 41.8. The SMILES string of the molecule is CC(C)(C)[Si](C)(C)O[C@@]12C(=O)c3c(OCc4ccccc4)noc3[C@@H](N)[C@@H]1C[C@@H]1Cc3c(OC(F)(F)F)c(CN4CCCC4)cc(OCc4ccccc4)c3C(=O)C1=C2O. The number of halogens is 3. The first-order valence-electron chi connectivity index (χ1n) is 20.4. The second kappa shape index (κ2) is 15.5. The Kier molecular flexibility index (Phi) is 10.8. The van der Waals surface area contributed by atoms with Crippen LogP contribution in [0.3, 0.4) is 0 Å². The summed E-state index contributed by atoms with van der Waals surface area (Å²) in [6.45, 7) is 11.4. The number of ketones is 2. The molecule has 15 heteroatoms. The number of hydrogen-bond acceptors (Lipinski definition) is 11. The molecule has 318 valence electrons. The van der Waals surface area contributed by atoms with Crippen LogP contribution in [-0.2, 0) is 30.6 Å². The number of alkyl halides is 3. The molecule has 11 nitrogen and oxygen atoms in total. The highest BCUT2D eigenvalue weighted by Crippen LogP contribution is 2.59. The fourth-order valence-electron chi connectivity index (χ4n) is 8.92. The number of rotatable bonds is 11. The van der Waals surface area contributed by atoms with Gasteiger partial charge in [0.15, 0.2) is 25.5 Å². The summed E-state index contributed by atoms with van der Waals surface area (Å²) in [7, 11) is -3.03. The van der Waals surface area contributed by atoms with Gasteiger partial charge in [0.25, 0.3) is 5.88 Å². The summed E-state index contributed by atoms with van der Waals surface area (Å²) in [5.41, 5.74) is 6.26. The fraction of sp³-hybridized carbons (Fsp3) is 0.444. The van der Waals surface area contributed by atoms with Gasteiger partial charge in [0.05, 0.1) is 11.6 Å². The van der Waals surface area contributed by atoms with E-state index >= 15 is 9.59 Å². The minimum Gasteiger partial charge on any atom is -0.508 e. The molecular weight excluding hydrogens is 796 g/mol. The quantitative estimate of drug-likeness (QED) is 0.139. The molecule has 1 aromatic heterocycles. The maximum absolute atomic E-state index is 15.4. The van der Waals surface area contributed by atoms with Gasteiger partial charge in [-0.15, -0.1) is 13.2 Å². The normalized spacial score (nSPS) is 23.2. The number of hydrogen-bond donors (Lipinski definition) is 2. The average Bonchev–Trinajstić information content (AvgIpc) is 3.87. The number of ether oxygens (including phenoxy) is 3. The van der Waals surface area contributed by atoms with E-state index in [4.69, 9.17) is 28.9 Å². The van der Waals surface area contributed by atoms with Crippen LogP contribution < -0.4 is 19.9 Å². The van der Waals surface area contributed by atoms with Gasteiger partial charge in [0.1, 0.15) is 36.0 Å². The average molecular weight is 846 g/mol. The number of nitrogens with zero attached hydrogens (tertiary/aromatic N) is 2. The van der Waals surface area contributed by atoms with Crippen molar-refractivity contribution >= 4 is 19.9 Å². The summed E-state index contributed by atoms with van der Waals surface area (Å²) >= 11 is 0. The standard InChI is InChI=1S/C45H50F3N3O8Si/c1-43(2,3)60(4,5)59-44-31(36(49)39-35(41(44)54)42(50-58-39)56-25-27-16-10-7-11-17-27)21-28-20-30-34(37(52)33(28)40(44)53)32(55-24-26-14-8-6-9-15-26)22-29(23-51-18-12-13-19-51)38(30)57-45(46,47)48/h6-11,14-17,22,28,31,36,53H,12-13,18-21,23-25,49H2,1-5H3/t28-,31-,36-,44-/m0/s1. The van der Waals surface area contributed by atoms with Crippen molar-refractivity contribution in [2.75, 3.05) is 13.1 Å². The molecular formula is C45H50F3N3O8Si. The molecule has 60 heavy (non-hydrogen) atoms. The van der Waals surface area contributed by atoms with Gasteiger partial charge in [-0.1, -0.05) is 81.4 Å². The Hall–Kier alpha value is -4.96. The van der Waals surface area contributed by atoms with Crippen LogP contribution in [0.25, 0.3) is 0 Å². The van der Waals surface area contributed by atoms with E-state index in [1.165, 1.54) is 6.07 Å². The van der Waals surface area contributed by atoms with Gasteiger partial charge in [-0.2, -0.15) is 0 Å². The van der Waals surface area contributed by atoms with E-state index in [0.29, 0.717) is 13.1 Å². The van der Waals surface area contributed by atoms with E-state index in [1.54, 1.807) is 0 Å². The van der Waals surface area contributed by atoms with E-state index in [2.05, 4.69) is 5.16 Å². The number of Topliss-reactive ketones (excluding diaryl/α,β-unsaturated/α-hetero) is 2. The molecule has 1 saturated heterocycles. The maximum Gasteiger partial charge on any atom is 0.573 e. The molecule has 0 radical (unpaired) electrons. The lowest BCUT2D eigenvalue weighted by atomic mass is 9.59. The van der Waals surface area contributed by atoms with Gasteiger partial charge >= 0.3 is 6.36 Å². The van der Waals surface area contributed by atoms with Crippen LogP contribution in [0.2, 0.25) is 18.1 Å². The molecule has 0 amide bonds. The topological polar surface area (TPSA) is 147 Å². The molecule has 4 atom stereocenters. The van der Waals surface area contributed by atoms with Crippen molar-refractivity contribution in [2.45, 2.75) is 102 Å². The summed E-state index contributed by atoms with van der Waals surface area (Å²) < 4.78 is 73.2. The third kappa shape index (κ3) is 7.43. The van der Waals surface area contributed by atoms with Crippen LogP contribution in [0.5, 0.6) is 17.4 Å². The minimum absolute atomic E-state index is 0.00745. The number of aliphatic hydroxyl groups excluding tert-OH is 1. The molecule has 8 rings (SSSR count). The van der Waals surface area contributed by atoms with Gasteiger partial charge in [-0.25, -0.2) is 0 Å². The van der Waals surface area contributed by atoms with E-state index < -0.39 is 66.3 Å². The van der Waals surface area contributed by atoms with Crippen LogP contribution >= 0.6 is 0 Å². The van der Waals surface area contributed by atoms with Gasteiger partial charge in [0, 0.05) is 29.2 Å². The predicted octanol–water partition coefficient (Wildman–Crippen LogP) is 9.17. The first-order chi connectivity index (χ1) is 28.4. The summed E-state index contributed by atoms with van der Waals surface area (Å²) in [4.78, 5) is 32.7. The van der Waals surface area contributed by atoms with Crippen molar-refractivity contribution in [3.8, 4) is 17.4 Å². The molecule has 0 unspecified atom stereocenters. The zero-order valence-electron chi connectivity index (χ0n) is 34.4. The highest BCUT2D eigenvalue weighted by atomic mass is 28.4. The Labute approximate surface area is 347 Å². The molecule has 1 aliphatic heterocycles. The van der Waals surface area contributed by atoms with Crippen LogP contribution in [-0.4, -0.2) is 60.1 Å². The number of benzene rings is 3. The zero-order chi connectivity index (χ0) is 42.8. The lowest BCUT2D eigenvalue weighted by Crippen LogP contribution is -2.64. The number of nitrogens with two attached hydrogens (primary N) is 1. The Balaban J connectivity index is 1.30. The second-order valence-corrected chi connectivity index (χ2v) is 22.5. The highest BCUT2D eigenvalue weighted by Gasteiger charge is 2.66. The number of aliphatic hydroxyl groups is 1. The molecule has 0 saturated carbocycles. The van der Waals surface area contributed by atoms with E-state index in [-0.39, 0.29) is 77.8 Å². The van der Waals surface area contributed by atoms with Crippen LogP contribution in [0.15, 0.2) is 82.6 Å². The molecule has 0 spiro atoms. The lowest BCUT2D eigenvalue weighted by Gasteiger charge is -2.53. The Bertz CT molecular complexity index is 2320. The molecule has 0 bridgehead atoms. The molecule has 4 aromatic rings. The van der Waals surface area contributed by atoms with Crippen molar-refractivity contribution < 1.29 is 51.0 Å². The molecule has 3 aromatic carbocycles. The smallest absolute Gasteiger partial charge is 0.508 e. The fourth-order valence-corrected chi connectivity index (χ4v) is 10.4. The van der Waals surface area contributed by atoms with Gasteiger partial charge in [-0.3, -0.25) is 14.5 Å². The molecule has 2 heterocycles. The Morgan fingerprint density at radius 2 is 1.57 bits per heavy atom. The zero-order valence-corrected chi connectivity index (χ0v) is 35.4. The van der Waals surface area contributed by atoms with Crippen molar-refractivity contribution in [3.63, 3.8) is 0 Å². The molecule has 3 aliphatic carbocycles. The lowest BCUT2D eigenvalue weighted by molar-refractivity contribution is -0.275. The number of likely N-dealkylation sites (tertiary alicyclic amines) is 1. The summed E-state index contributed by atoms with van der Waals surface area (Å²) in [5, 5.41) is 16.5. The number of carbonyl (C=O) groups excluding carboxylic acids is 2. The Morgan fingerprint density at radius 1 is 0.950 bits per heavy atom. The van der Waals surface area contributed by atoms with Gasteiger partial charge < -0.3 is 34.0 Å². The van der Waals surface area contributed by atoms with Crippen LogP contribution in [0, 0.1) is 11.8 Å². The molecule has 1 fully saturated rings. The summed E-state index contributed by atoms with van der Waals surface area (Å²) in [6.07, 6.45) is -3.45. The maximum atomic E-state index is 15.4. The summed E-state index contributed by atoms with van der Waals surface area (Å²) in [5.74, 6) is -4.54. The molecule has 3 N–H and O–H groups in total. The predicted molar refractivity (Wildman–Crippen MR) is 217 cm³/mol. The molecule has 4 aliphatic rings. The Morgan fingerprint density at radius 3 is 2.17 bits per heavy atom. The largest absolute Gasteiger partial charge is 0.573 e. The monoisotopic (exact) mass is 845 g/mol. The van der Waals surface area contributed by atoms with Crippen LogP contribution in [0.4, 0.5) is 13.2 Å². The van der Waals surface area contributed by atoms with Crippen molar-refractivity contribution in [2.24, 2.45) is 17.6 Å². The summed E-state index contributed by atoms with van der Waals surface area (Å²) in [6, 6.07) is 18.8. The third-order valence-corrected chi connectivity index (χ3v) is 17.3. The van der Waals surface area contributed by atoms with E-state index in [0.717, 1.165) is 24.0 Å². The van der Waals surface area contributed by atoms with Crippen LogP contribution in [0.1, 0.15) is 94.8 Å². The van der Waals surface area contributed by atoms with E-state index in [9.17, 15) is 18.3 Å². The number of aromatic nitrogens is 1. The first-order valence-corrected chi connectivity index (χ1v) is 23.3. The number of carbonyl (C=O) groups is 2. The second-order valence-electron chi connectivity index (χ2n) is 17.8. The van der Waals surface area contributed by atoms with Gasteiger partial charge in [-0.05, 0) is 85.2 Å².